The summed E-state index contributed by atoms with van der Waals surface area (Å²) < 4.78 is 34.9. The van der Waals surface area contributed by atoms with Gasteiger partial charge in [0.15, 0.2) is 0 Å². The van der Waals surface area contributed by atoms with E-state index in [1.54, 1.807) is 66.7 Å². The molecule has 0 heterocycles. The number of hydrogen-bond acceptors (Lipinski definition) is 5. The zero-order chi connectivity index (χ0) is 33.1. The molecule has 0 aliphatic rings. The second kappa shape index (κ2) is 16.3. The number of ether oxygens (including phenoxy) is 1. The van der Waals surface area contributed by atoms with Crippen molar-refractivity contribution >= 4 is 39.1 Å². The lowest BCUT2D eigenvalue weighted by Gasteiger charge is -2.34. The number of halogens is 1. The molecule has 0 saturated carbocycles. The standard InChI is InChI=1S/C36H40ClN3O5S/c1-4-27(3)38-36(42)34(24-28-12-8-6-9-13-28)39(25-29-16-18-30(37)19-17-29)35(41)26-40(31-14-10-7-11-15-31)46(43,44)33-22-20-32(21-23-33)45-5-2/h6-23,27,34H,4-5,24-26H2,1-3H3,(H,38,42)/t27-,34+/m1/s1. The lowest BCUT2D eigenvalue weighted by atomic mass is 10.0. The number of carbonyl (C=O) groups is 2. The molecule has 0 spiro atoms. The molecule has 1 N–H and O–H groups in total. The van der Waals surface area contributed by atoms with Crippen LogP contribution in [-0.2, 0) is 32.6 Å². The highest BCUT2D eigenvalue weighted by molar-refractivity contribution is 7.92. The Morgan fingerprint density at radius 3 is 2.02 bits per heavy atom. The van der Waals surface area contributed by atoms with Crippen LogP contribution in [0.3, 0.4) is 0 Å². The van der Waals surface area contributed by atoms with Crippen LogP contribution in [0, 0.1) is 0 Å². The maximum absolute atomic E-state index is 14.5. The van der Waals surface area contributed by atoms with Crippen molar-refractivity contribution in [3.63, 3.8) is 0 Å². The smallest absolute Gasteiger partial charge is 0.264 e. The number of sulfonamides is 1. The van der Waals surface area contributed by atoms with Crippen LogP contribution >= 0.6 is 11.6 Å². The molecule has 0 radical (unpaired) electrons. The highest BCUT2D eigenvalue weighted by Crippen LogP contribution is 2.26. The first-order valence-corrected chi connectivity index (χ1v) is 17.1. The van der Waals surface area contributed by atoms with Crippen molar-refractivity contribution in [3.05, 3.63) is 125 Å². The zero-order valence-electron chi connectivity index (χ0n) is 26.3. The number of rotatable bonds is 15. The normalized spacial score (nSPS) is 12.5. The molecule has 0 saturated heterocycles. The molecule has 0 aliphatic carbocycles. The van der Waals surface area contributed by atoms with Gasteiger partial charge in [-0.15, -0.1) is 0 Å². The number of para-hydroxylation sites is 1. The summed E-state index contributed by atoms with van der Waals surface area (Å²) in [6.07, 6.45) is 0.941. The molecule has 8 nitrogen and oxygen atoms in total. The highest BCUT2D eigenvalue weighted by atomic mass is 35.5. The van der Waals surface area contributed by atoms with Crippen LogP contribution < -0.4 is 14.4 Å². The lowest BCUT2D eigenvalue weighted by Crippen LogP contribution is -2.54. The maximum atomic E-state index is 14.5. The maximum Gasteiger partial charge on any atom is 0.264 e. The van der Waals surface area contributed by atoms with Crippen molar-refractivity contribution in [2.45, 2.75) is 57.1 Å². The Morgan fingerprint density at radius 1 is 0.826 bits per heavy atom. The van der Waals surface area contributed by atoms with Crippen molar-refractivity contribution in [3.8, 4) is 5.75 Å². The van der Waals surface area contributed by atoms with Gasteiger partial charge in [-0.3, -0.25) is 13.9 Å². The number of benzene rings is 4. The molecule has 4 rings (SSSR count). The Morgan fingerprint density at radius 2 is 1.43 bits per heavy atom. The first kappa shape index (κ1) is 34.5. The topological polar surface area (TPSA) is 96.0 Å². The Balaban J connectivity index is 1.77. The molecular formula is C36H40ClN3O5S. The minimum atomic E-state index is -4.21. The fraction of sp³-hybridized carbons (Fsp3) is 0.278. The third kappa shape index (κ3) is 9.11. The molecule has 0 aromatic heterocycles. The molecule has 46 heavy (non-hydrogen) atoms. The SMILES string of the molecule is CCOc1ccc(S(=O)(=O)N(CC(=O)N(Cc2ccc(Cl)cc2)[C@@H](Cc2ccccc2)C(=O)N[C@H](C)CC)c2ccccc2)cc1. The molecular weight excluding hydrogens is 622 g/mol. The number of anilines is 1. The molecule has 10 heteroatoms. The van der Waals surface area contributed by atoms with Gasteiger partial charge in [0.05, 0.1) is 17.2 Å². The van der Waals surface area contributed by atoms with E-state index < -0.39 is 28.5 Å². The van der Waals surface area contributed by atoms with E-state index in [4.69, 9.17) is 16.3 Å². The first-order valence-electron chi connectivity index (χ1n) is 15.3. The van der Waals surface area contributed by atoms with Gasteiger partial charge in [0.2, 0.25) is 11.8 Å². The van der Waals surface area contributed by atoms with Crippen LogP contribution in [0.25, 0.3) is 0 Å². The van der Waals surface area contributed by atoms with E-state index in [0.29, 0.717) is 29.5 Å². The first-order chi connectivity index (χ1) is 22.1. The fourth-order valence-corrected chi connectivity index (χ4v) is 6.45. The van der Waals surface area contributed by atoms with Crippen molar-refractivity contribution in [1.29, 1.82) is 0 Å². The van der Waals surface area contributed by atoms with Gasteiger partial charge in [0.1, 0.15) is 18.3 Å². The van der Waals surface area contributed by atoms with Crippen molar-refractivity contribution in [1.82, 2.24) is 10.2 Å². The lowest BCUT2D eigenvalue weighted by molar-refractivity contribution is -0.140. The van der Waals surface area contributed by atoms with Gasteiger partial charge < -0.3 is 15.0 Å². The molecule has 2 atom stereocenters. The average Bonchev–Trinajstić information content (AvgIpc) is 3.07. The van der Waals surface area contributed by atoms with E-state index in [0.717, 1.165) is 15.4 Å². The second-order valence-corrected chi connectivity index (χ2v) is 13.2. The summed E-state index contributed by atoms with van der Waals surface area (Å²) in [5.74, 6) is -0.316. The third-order valence-electron chi connectivity index (χ3n) is 7.58. The largest absolute Gasteiger partial charge is 0.494 e. The van der Waals surface area contributed by atoms with Gasteiger partial charge >= 0.3 is 0 Å². The molecule has 0 aliphatic heterocycles. The van der Waals surface area contributed by atoms with E-state index in [2.05, 4.69) is 5.32 Å². The number of amides is 2. The van der Waals surface area contributed by atoms with Gasteiger partial charge in [-0.25, -0.2) is 8.42 Å². The summed E-state index contributed by atoms with van der Waals surface area (Å²) in [6, 6.07) is 30.0. The molecule has 4 aromatic rings. The van der Waals surface area contributed by atoms with Crippen LogP contribution in [-0.4, -0.2) is 50.4 Å². The van der Waals surface area contributed by atoms with Gasteiger partial charge in [-0.05, 0) is 79.9 Å². The molecule has 0 unspecified atom stereocenters. The number of carbonyl (C=O) groups excluding carboxylic acids is 2. The molecule has 0 fully saturated rings. The summed E-state index contributed by atoms with van der Waals surface area (Å²) in [7, 11) is -4.21. The van der Waals surface area contributed by atoms with Crippen molar-refractivity contribution in [2.75, 3.05) is 17.5 Å². The molecule has 0 bridgehead atoms. The van der Waals surface area contributed by atoms with Crippen LogP contribution in [0.1, 0.15) is 38.3 Å². The van der Waals surface area contributed by atoms with E-state index >= 15 is 0 Å². The van der Waals surface area contributed by atoms with Crippen molar-refractivity contribution < 1.29 is 22.7 Å². The number of nitrogens with one attached hydrogen (secondary N) is 1. The predicted molar refractivity (Wildman–Crippen MR) is 182 cm³/mol. The fourth-order valence-electron chi connectivity index (χ4n) is 4.91. The summed E-state index contributed by atoms with van der Waals surface area (Å²) >= 11 is 6.15. The number of hydrogen-bond donors (Lipinski definition) is 1. The Kier molecular flexibility index (Phi) is 12.2. The van der Waals surface area contributed by atoms with Crippen LogP contribution in [0.15, 0.2) is 114 Å². The van der Waals surface area contributed by atoms with E-state index in [1.807, 2.05) is 51.1 Å². The zero-order valence-corrected chi connectivity index (χ0v) is 27.9. The second-order valence-electron chi connectivity index (χ2n) is 10.9. The Labute approximate surface area is 277 Å². The minimum absolute atomic E-state index is 0.00667. The summed E-state index contributed by atoms with van der Waals surface area (Å²) in [5.41, 5.74) is 1.93. The predicted octanol–water partition coefficient (Wildman–Crippen LogP) is 6.49. The average molecular weight is 662 g/mol. The van der Waals surface area contributed by atoms with Gasteiger partial charge in [0, 0.05) is 24.0 Å². The van der Waals surface area contributed by atoms with Gasteiger partial charge in [-0.1, -0.05) is 79.2 Å². The quantitative estimate of drug-likeness (QED) is 0.157. The van der Waals surface area contributed by atoms with Gasteiger partial charge in [0.25, 0.3) is 10.0 Å². The monoisotopic (exact) mass is 661 g/mol. The van der Waals surface area contributed by atoms with Crippen LogP contribution in [0.2, 0.25) is 5.02 Å². The van der Waals surface area contributed by atoms with Gasteiger partial charge in [-0.2, -0.15) is 0 Å². The number of nitrogens with zero attached hydrogens (tertiary/aromatic N) is 2. The van der Waals surface area contributed by atoms with E-state index in [-0.39, 0.29) is 29.8 Å². The molecule has 242 valence electrons. The van der Waals surface area contributed by atoms with Crippen LogP contribution in [0.4, 0.5) is 5.69 Å². The minimum Gasteiger partial charge on any atom is -0.494 e. The van der Waals surface area contributed by atoms with E-state index in [1.165, 1.54) is 17.0 Å². The summed E-state index contributed by atoms with van der Waals surface area (Å²) in [5, 5.41) is 3.57. The Hall–Kier alpha value is -4.34. The van der Waals surface area contributed by atoms with Crippen LogP contribution in [0.5, 0.6) is 5.75 Å². The molecule has 4 aromatic carbocycles. The van der Waals surface area contributed by atoms with Crippen molar-refractivity contribution in [2.24, 2.45) is 0 Å². The highest BCUT2D eigenvalue weighted by Gasteiger charge is 2.35. The summed E-state index contributed by atoms with van der Waals surface area (Å²) in [6.45, 7) is 5.69. The summed E-state index contributed by atoms with van der Waals surface area (Å²) in [4.78, 5) is 29.9. The molecule has 2 amide bonds. The Bertz CT molecular complexity index is 1670. The third-order valence-corrected chi connectivity index (χ3v) is 9.62. The van der Waals surface area contributed by atoms with E-state index in [9.17, 15) is 18.0 Å².